The first kappa shape index (κ1) is 14.9. The van der Waals surface area contributed by atoms with Gasteiger partial charge >= 0.3 is 0 Å². The molecule has 2 rings (SSSR count). The number of rotatable bonds is 5. The van der Waals surface area contributed by atoms with E-state index in [1.807, 2.05) is 54.6 Å². The quantitative estimate of drug-likeness (QED) is 0.617. The highest BCUT2D eigenvalue weighted by molar-refractivity contribution is 6.24. The summed E-state index contributed by atoms with van der Waals surface area (Å²) >= 11 is 0. The highest BCUT2D eigenvalue weighted by atomic mass is 16.5. The minimum atomic E-state index is 0.0241. The molecule has 0 saturated heterocycles. The number of hydrogen-bond acceptors (Lipinski definition) is 3. The van der Waals surface area contributed by atoms with Crippen molar-refractivity contribution in [1.29, 1.82) is 0 Å². The second kappa shape index (κ2) is 6.75. The van der Waals surface area contributed by atoms with Crippen molar-refractivity contribution in [1.82, 2.24) is 0 Å². The van der Waals surface area contributed by atoms with Gasteiger partial charge in [0.05, 0.1) is 14.2 Å². The molecule has 21 heavy (non-hydrogen) atoms. The normalized spacial score (nSPS) is 11.1. The SMILES string of the molecule is COc1ccc(/C=C(\C(C)=O)c2ccc(OC)cc2)cc1. The van der Waals surface area contributed by atoms with E-state index < -0.39 is 0 Å². The lowest BCUT2D eigenvalue weighted by Crippen LogP contribution is -1.96. The fraction of sp³-hybridized carbons (Fsp3) is 0.167. The number of hydrogen-bond donors (Lipinski definition) is 0. The summed E-state index contributed by atoms with van der Waals surface area (Å²) in [6.07, 6.45) is 1.88. The van der Waals surface area contributed by atoms with Crippen LogP contribution in [0.2, 0.25) is 0 Å². The van der Waals surface area contributed by atoms with Crippen molar-refractivity contribution in [3.63, 3.8) is 0 Å². The zero-order valence-corrected chi connectivity index (χ0v) is 12.4. The summed E-state index contributed by atoms with van der Waals surface area (Å²) in [5.41, 5.74) is 2.50. The van der Waals surface area contributed by atoms with Crippen molar-refractivity contribution >= 4 is 17.4 Å². The molecular weight excluding hydrogens is 264 g/mol. The lowest BCUT2D eigenvalue weighted by molar-refractivity contribution is -0.111. The molecule has 2 aromatic carbocycles. The van der Waals surface area contributed by atoms with E-state index in [-0.39, 0.29) is 5.78 Å². The van der Waals surface area contributed by atoms with Gasteiger partial charge in [-0.2, -0.15) is 0 Å². The van der Waals surface area contributed by atoms with Crippen LogP contribution < -0.4 is 9.47 Å². The number of Topliss-reactive ketones (excluding diaryl/α,β-unsaturated/α-hetero) is 1. The Morgan fingerprint density at radius 2 is 1.33 bits per heavy atom. The maximum Gasteiger partial charge on any atom is 0.160 e. The Balaban J connectivity index is 2.36. The van der Waals surface area contributed by atoms with E-state index in [2.05, 4.69) is 0 Å². The Hall–Kier alpha value is -2.55. The van der Waals surface area contributed by atoms with Crippen LogP contribution in [0.25, 0.3) is 11.6 Å². The van der Waals surface area contributed by atoms with Gasteiger partial charge in [-0.25, -0.2) is 0 Å². The first-order valence-corrected chi connectivity index (χ1v) is 6.65. The Morgan fingerprint density at radius 1 is 0.857 bits per heavy atom. The Kier molecular flexibility index (Phi) is 4.77. The molecule has 0 bridgehead atoms. The molecular formula is C18H18O3. The van der Waals surface area contributed by atoms with Gasteiger partial charge in [-0.05, 0) is 48.4 Å². The van der Waals surface area contributed by atoms with Crippen molar-refractivity contribution in [3.8, 4) is 11.5 Å². The summed E-state index contributed by atoms with van der Waals surface area (Å²) in [6.45, 7) is 1.57. The van der Waals surface area contributed by atoms with Crippen LogP contribution in [0.1, 0.15) is 18.1 Å². The van der Waals surface area contributed by atoms with Crippen LogP contribution in [-0.4, -0.2) is 20.0 Å². The molecule has 0 aliphatic carbocycles. The smallest absolute Gasteiger partial charge is 0.160 e. The molecule has 0 aromatic heterocycles. The van der Waals surface area contributed by atoms with Crippen LogP contribution in [0, 0.1) is 0 Å². The highest BCUT2D eigenvalue weighted by Crippen LogP contribution is 2.23. The van der Waals surface area contributed by atoms with Crippen molar-refractivity contribution in [2.45, 2.75) is 6.92 Å². The van der Waals surface area contributed by atoms with Crippen LogP contribution in [0.5, 0.6) is 11.5 Å². The van der Waals surface area contributed by atoms with Gasteiger partial charge in [-0.1, -0.05) is 24.3 Å². The summed E-state index contributed by atoms with van der Waals surface area (Å²) in [4.78, 5) is 11.9. The summed E-state index contributed by atoms with van der Waals surface area (Å²) in [5, 5.41) is 0. The lowest BCUT2D eigenvalue weighted by atomic mass is 9.99. The maximum atomic E-state index is 11.9. The third-order valence-electron chi connectivity index (χ3n) is 3.21. The van der Waals surface area contributed by atoms with Gasteiger partial charge in [-0.15, -0.1) is 0 Å². The van der Waals surface area contributed by atoms with Crippen LogP contribution in [0.15, 0.2) is 48.5 Å². The highest BCUT2D eigenvalue weighted by Gasteiger charge is 2.07. The molecule has 2 aromatic rings. The molecule has 0 aliphatic rings. The van der Waals surface area contributed by atoms with Crippen molar-refractivity contribution in [2.24, 2.45) is 0 Å². The number of ketones is 1. The van der Waals surface area contributed by atoms with Crippen LogP contribution in [0.3, 0.4) is 0 Å². The molecule has 0 spiro atoms. The molecule has 0 aliphatic heterocycles. The molecule has 0 saturated carbocycles. The lowest BCUT2D eigenvalue weighted by Gasteiger charge is -2.06. The number of ether oxygens (including phenoxy) is 2. The molecule has 0 fully saturated rings. The van der Waals surface area contributed by atoms with Crippen molar-refractivity contribution in [3.05, 3.63) is 59.7 Å². The summed E-state index contributed by atoms with van der Waals surface area (Å²) < 4.78 is 10.3. The fourth-order valence-electron chi connectivity index (χ4n) is 2.03. The molecule has 0 radical (unpaired) electrons. The summed E-state index contributed by atoms with van der Waals surface area (Å²) in [5.74, 6) is 1.59. The topological polar surface area (TPSA) is 35.5 Å². The van der Waals surface area contributed by atoms with Crippen LogP contribution in [-0.2, 0) is 4.79 Å². The summed E-state index contributed by atoms with van der Waals surface area (Å²) in [7, 11) is 3.25. The molecule has 0 amide bonds. The largest absolute Gasteiger partial charge is 0.497 e. The predicted octanol–water partition coefficient (Wildman–Crippen LogP) is 3.83. The van der Waals surface area contributed by atoms with Gasteiger partial charge in [0, 0.05) is 5.57 Å². The van der Waals surface area contributed by atoms with E-state index in [0.29, 0.717) is 5.57 Å². The average molecular weight is 282 g/mol. The molecule has 0 unspecified atom stereocenters. The Labute approximate surface area is 124 Å². The molecule has 0 heterocycles. The number of carbonyl (C=O) groups excluding carboxylic acids is 1. The van der Waals surface area contributed by atoms with E-state index in [1.54, 1.807) is 21.1 Å². The van der Waals surface area contributed by atoms with Crippen LogP contribution in [0.4, 0.5) is 0 Å². The molecule has 3 nitrogen and oxygen atoms in total. The van der Waals surface area contributed by atoms with Gasteiger partial charge in [0.2, 0.25) is 0 Å². The molecule has 3 heteroatoms. The second-order valence-electron chi connectivity index (χ2n) is 4.62. The molecule has 108 valence electrons. The van der Waals surface area contributed by atoms with Gasteiger partial charge < -0.3 is 9.47 Å². The molecule has 0 N–H and O–H groups in total. The number of methoxy groups -OCH3 is 2. The minimum Gasteiger partial charge on any atom is -0.497 e. The fourth-order valence-corrected chi connectivity index (χ4v) is 2.03. The van der Waals surface area contributed by atoms with Gasteiger partial charge in [0.25, 0.3) is 0 Å². The second-order valence-corrected chi connectivity index (χ2v) is 4.62. The van der Waals surface area contributed by atoms with Crippen molar-refractivity contribution < 1.29 is 14.3 Å². The van der Waals surface area contributed by atoms with E-state index in [1.165, 1.54) is 0 Å². The Morgan fingerprint density at radius 3 is 1.76 bits per heavy atom. The first-order chi connectivity index (χ1) is 10.1. The number of allylic oxidation sites excluding steroid dienone is 1. The monoisotopic (exact) mass is 282 g/mol. The van der Waals surface area contributed by atoms with E-state index >= 15 is 0 Å². The average Bonchev–Trinajstić information content (AvgIpc) is 2.53. The van der Waals surface area contributed by atoms with E-state index in [4.69, 9.17) is 9.47 Å². The minimum absolute atomic E-state index is 0.0241. The van der Waals surface area contributed by atoms with Crippen LogP contribution >= 0.6 is 0 Å². The molecule has 0 atom stereocenters. The predicted molar refractivity (Wildman–Crippen MR) is 84.5 cm³/mol. The van der Waals surface area contributed by atoms with E-state index in [0.717, 1.165) is 22.6 Å². The third-order valence-corrected chi connectivity index (χ3v) is 3.21. The maximum absolute atomic E-state index is 11.9. The standard InChI is InChI=1S/C18H18O3/c1-13(19)18(15-6-10-17(21-3)11-7-15)12-14-4-8-16(20-2)9-5-14/h4-12H,1-3H3/b18-12+. The van der Waals surface area contributed by atoms with Gasteiger partial charge in [0.1, 0.15) is 11.5 Å². The zero-order chi connectivity index (χ0) is 15.2. The third kappa shape index (κ3) is 3.72. The zero-order valence-electron chi connectivity index (χ0n) is 12.4. The number of benzene rings is 2. The Bertz CT molecular complexity index is 637. The summed E-state index contributed by atoms with van der Waals surface area (Å²) in [6, 6.07) is 15.1. The van der Waals surface area contributed by atoms with E-state index in [9.17, 15) is 4.79 Å². The van der Waals surface area contributed by atoms with Gasteiger partial charge in [0.15, 0.2) is 5.78 Å². The van der Waals surface area contributed by atoms with Crippen molar-refractivity contribution in [2.75, 3.05) is 14.2 Å². The van der Waals surface area contributed by atoms with Gasteiger partial charge in [-0.3, -0.25) is 4.79 Å². The first-order valence-electron chi connectivity index (χ1n) is 6.65. The number of carbonyl (C=O) groups is 1.